The fourth-order valence-corrected chi connectivity index (χ4v) is 6.85. The first kappa shape index (κ1) is 32.0. The quantitative estimate of drug-likeness (QED) is 0.427. The van der Waals surface area contributed by atoms with Crippen LogP contribution in [0.25, 0.3) is 6.08 Å². The van der Waals surface area contributed by atoms with Crippen LogP contribution in [-0.4, -0.2) is 78.9 Å². The Morgan fingerprint density at radius 1 is 1.07 bits per heavy atom. The number of nitrogens with one attached hydrogen (secondary N) is 1. The van der Waals surface area contributed by atoms with Crippen LogP contribution in [0.15, 0.2) is 40.7 Å². The number of aromatic hydroxyl groups is 1. The van der Waals surface area contributed by atoms with Gasteiger partial charge in [-0.15, -0.1) is 4.31 Å². The van der Waals surface area contributed by atoms with Crippen LogP contribution < -0.4 is 5.32 Å². The lowest BCUT2D eigenvalue weighted by molar-refractivity contribution is -0.138. The molecule has 0 aliphatic carbocycles. The van der Waals surface area contributed by atoms with Gasteiger partial charge in [0, 0.05) is 37.3 Å². The lowest BCUT2D eigenvalue weighted by Crippen LogP contribution is -2.50. The van der Waals surface area contributed by atoms with Crippen LogP contribution in [0.2, 0.25) is 0 Å². The van der Waals surface area contributed by atoms with Crippen LogP contribution in [0.5, 0.6) is 5.75 Å². The monoisotopic (exact) mass is 632 g/mol. The third kappa shape index (κ3) is 6.51. The maximum atomic E-state index is 13.3. The molecule has 2 fully saturated rings. The Morgan fingerprint density at radius 3 is 2.27 bits per heavy atom. The molecule has 2 aromatic rings. The van der Waals surface area contributed by atoms with Gasteiger partial charge in [-0.2, -0.15) is 13.2 Å². The maximum absolute atomic E-state index is 13.3. The fourth-order valence-electron chi connectivity index (χ4n) is 5.89. The zero-order chi connectivity index (χ0) is 32.0. The molecule has 1 atom stereocenters. The molecule has 2 aromatic carbocycles. The normalized spacial score (nSPS) is 21.0. The summed E-state index contributed by atoms with van der Waals surface area (Å²) in [5, 5.41) is 24.0. The minimum Gasteiger partial charge on any atom is -0.593 e. The average Bonchev–Trinajstić information content (AvgIpc) is 3.27. The first-order chi connectivity index (χ1) is 20.6. The number of carbonyl (C=O) groups is 2. The number of halogens is 3. The zero-order valence-corrected chi connectivity index (χ0v) is 25.5. The number of phenols is 1. The SMILES string of the molecule is Cc1cc(C(=O)N2CCC(C)(O)CC2)cc(C)c1/C=C/[S+]([O-])N1CCC2(CC1)N=C(c1ccc(O)c(C(F)(F)F)c1)NC2=O. The lowest BCUT2D eigenvalue weighted by atomic mass is 9.89. The number of hydrogen-bond donors (Lipinski definition) is 3. The van der Waals surface area contributed by atoms with E-state index in [1.165, 1.54) is 6.07 Å². The minimum atomic E-state index is -4.77. The van der Waals surface area contributed by atoms with Crippen molar-refractivity contribution in [2.45, 2.75) is 63.8 Å². The Kier molecular flexibility index (Phi) is 8.62. The van der Waals surface area contributed by atoms with E-state index in [4.69, 9.17) is 0 Å². The number of likely N-dealkylation sites (tertiary alicyclic amines) is 1. The van der Waals surface area contributed by atoms with Gasteiger partial charge in [-0.25, -0.2) is 0 Å². The van der Waals surface area contributed by atoms with Crippen molar-refractivity contribution in [3.63, 3.8) is 0 Å². The summed E-state index contributed by atoms with van der Waals surface area (Å²) < 4.78 is 54.7. The summed E-state index contributed by atoms with van der Waals surface area (Å²) in [4.78, 5) is 32.2. The molecule has 0 saturated carbocycles. The number of amidine groups is 1. The highest BCUT2D eigenvalue weighted by Gasteiger charge is 2.48. The molecule has 44 heavy (non-hydrogen) atoms. The molecule has 3 heterocycles. The second-order valence-electron chi connectivity index (χ2n) is 12.0. The third-order valence-electron chi connectivity index (χ3n) is 8.68. The van der Waals surface area contributed by atoms with Crippen LogP contribution in [0.1, 0.15) is 70.8 Å². The van der Waals surface area contributed by atoms with Crippen molar-refractivity contribution in [3.8, 4) is 5.75 Å². The maximum Gasteiger partial charge on any atom is 0.419 e. The van der Waals surface area contributed by atoms with E-state index in [2.05, 4.69) is 10.3 Å². The predicted octanol–water partition coefficient (Wildman–Crippen LogP) is 4.06. The number of carbonyl (C=O) groups excluding carboxylic acids is 2. The summed E-state index contributed by atoms with van der Waals surface area (Å²) in [5.41, 5.74) is 0.0334. The van der Waals surface area contributed by atoms with Crippen molar-refractivity contribution in [2.75, 3.05) is 26.2 Å². The molecular formula is C31H35F3N4O5S. The molecule has 3 aliphatic rings. The average molecular weight is 633 g/mol. The van der Waals surface area contributed by atoms with Crippen LogP contribution in [0.3, 0.4) is 0 Å². The van der Waals surface area contributed by atoms with Gasteiger partial charge < -0.3 is 25.0 Å². The number of hydrogen-bond acceptors (Lipinski definition) is 7. The highest BCUT2D eigenvalue weighted by atomic mass is 32.2. The van der Waals surface area contributed by atoms with Crippen LogP contribution in [0, 0.1) is 13.8 Å². The molecule has 9 nitrogen and oxygen atoms in total. The summed E-state index contributed by atoms with van der Waals surface area (Å²) in [6.45, 7) is 7.09. The number of alkyl halides is 3. The highest BCUT2D eigenvalue weighted by Crippen LogP contribution is 2.38. The van der Waals surface area contributed by atoms with E-state index in [0.29, 0.717) is 31.5 Å². The first-order valence-electron chi connectivity index (χ1n) is 14.4. The number of nitrogens with zero attached hydrogens (tertiary/aromatic N) is 3. The van der Waals surface area contributed by atoms with Gasteiger partial charge in [-0.1, -0.05) is 0 Å². The van der Waals surface area contributed by atoms with Crippen LogP contribution >= 0.6 is 0 Å². The smallest absolute Gasteiger partial charge is 0.419 e. The van der Waals surface area contributed by atoms with Gasteiger partial charge in [0.2, 0.25) is 0 Å². The molecule has 0 bridgehead atoms. The van der Waals surface area contributed by atoms with Crippen molar-refractivity contribution in [2.24, 2.45) is 4.99 Å². The molecule has 3 N–H and O–H groups in total. The summed E-state index contributed by atoms with van der Waals surface area (Å²) in [7, 11) is 0. The van der Waals surface area contributed by atoms with Crippen LogP contribution in [0.4, 0.5) is 13.2 Å². The van der Waals surface area contributed by atoms with Gasteiger partial charge in [0.15, 0.2) is 0 Å². The number of aryl methyl sites for hydroxylation is 2. The van der Waals surface area contributed by atoms with Crippen molar-refractivity contribution in [1.82, 2.24) is 14.5 Å². The summed E-state index contributed by atoms with van der Waals surface area (Å²) in [6.07, 6.45) is -1.49. The van der Waals surface area contributed by atoms with Gasteiger partial charge in [-0.3, -0.25) is 14.6 Å². The number of piperidine rings is 2. The molecule has 236 valence electrons. The Hall–Kier alpha value is -3.39. The van der Waals surface area contributed by atoms with Gasteiger partial charge in [0.25, 0.3) is 11.8 Å². The molecule has 2 amide bonds. The Bertz CT molecular complexity index is 1500. The molecule has 0 radical (unpaired) electrons. The van der Waals surface area contributed by atoms with Crippen molar-refractivity contribution in [3.05, 3.63) is 69.1 Å². The topological polar surface area (TPSA) is 129 Å². The molecule has 3 aliphatic heterocycles. The van der Waals surface area contributed by atoms with E-state index < -0.39 is 45.9 Å². The second kappa shape index (κ2) is 11.8. The van der Waals surface area contributed by atoms with E-state index >= 15 is 0 Å². The molecule has 13 heteroatoms. The standard InChI is InChI=1S/C31H35F3N4O5S/c1-19-16-22(27(40)37-11-7-29(3,42)8-12-37)17-20(2)23(19)6-15-44(43)38-13-9-30(10-14-38)28(41)35-26(36-30)21-4-5-25(39)24(18-21)31(32,33)34/h4-6,15-18,39,42H,7-14H2,1-3H3,(H,35,36,41)/b15-6+. The number of rotatable bonds is 5. The summed E-state index contributed by atoms with van der Waals surface area (Å²) in [6, 6.07) is 6.58. The van der Waals surface area contributed by atoms with E-state index in [1.807, 2.05) is 26.0 Å². The van der Waals surface area contributed by atoms with E-state index in [0.717, 1.165) is 28.8 Å². The minimum absolute atomic E-state index is 0.00926. The number of aliphatic hydroxyl groups is 1. The predicted molar refractivity (Wildman–Crippen MR) is 160 cm³/mol. The number of phenolic OH excluding ortho intramolecular Hbond substituents is 1. The lowest BCUT2D eigenvalue weighted by Gasteiger charge is -2.36. The van der Waals surface area contributed by atoms with E-state index in [1.54, 1.807) is 27.6 Å². The van der Waals surface area contributed by atoms with E-state index in [9.17, 15) is 37.5 Å². The number of amides is 2. The van der Waals surface area contributed by atoms with Gasteiger partial charge in [0.05, 0.1) is 22.5 Å². The molecular weight excluding hydrogens is 597 g/mol. The number of aliphatic imine (C=N–C) groups is 1. The second-order valence-corrected chi connectivity index (χ2v) is 13.3. The number of benzene rings is 2. The Balaban J connectivity index is 1.23. The summed E-state index contributed by atoms with van der Waals surface area (Å²) >= 11 is -1.52. The van der Waals surface area contributed by atoms with Crippen LogP contribution in [-0.2, 0) is 22.3 Å². The fraction of sp³-hybridized carbons (Fsp3) is 0.452. The Labute approximate surface area is 256 Å². The largest absolute Gasteiger partial charge is 0.593 e. The molecule has 5 rings (SSSR count). The molecule has 1 unspecified atom stereocenters. The van der Waals surface area contributed by atoms with Gasteiger partial charge in [0.1, 0.15) is 22.5 Å². The molecule has 1 spiro atoms. The molecule has 2 saturated heterocycles. The third-order valence-corrected chi connectivity index (χ3v) is 9.92. The van der Waals surface area contributed by atoms with E-state index in [-0.39, 0.29) is 43.2 Å². The molecule has 0 aromatic heterocycles. The zero-order valence-electron chi connectivity index (χ0n) is 24.7. The van der Waals surface area contributed by atoms with Gasteiger partial charge in [-0.05, 0) is 99.6 Å². The Morgan fingerprint density at radius 2 is 1.68 bits per heavy atom. The van der Waals surface area contributed by atoms with Gasteiger partial charge >= 0.3 is 6.18 Å². The van der Waals surface area contributed by atoms with Crippen molar-refractivity contribution >= 4 is 35.1 Å². The van der Waals surface area contributed by atoms with Crippen molar-refractivity contribution < 1.29 is 37.5 Å². The highest BCUT2D eigenvalue weighted by molar-refractivity contribution is 7.92. The first-order valence-corrected chi connectivity index (χ1v) is 15.5. The summed E-state index contributed by atoms with van der Waals surface area (Å²) in [5.74, 6) is -1.41. The van der Waals surface area contributed by atoms with Crippen molar-refractivity contribution in [1.29, 1.82) is 0 Å².